The van der Waals surface area contributed by atoms with Gasteiger partial charge in [-0.3, -0.25) is 4.79 Å². The molecule has 3 aromatic rings. The maximum atomic E-state index is 13.7. The average Bonchev–Trinajstić information content (AvgIpc) is 3.25. The molecule has 3 heterocycles. The van der Waals surface area contributed by atoms with E-state index in [0.29, 0.717) is 26.3 Å². The van der Waals surface area contributed by atoms with Crippen LogP contribution in [0.5, 0.6) is 0 Å². The van der Waals surface area contributed by atoms with Crippen molar-refractivity contribution in [3.63, 3.8) is 0 Å². The van der Waals surface area contributed by atoms with Gasteiger partial charge in [-0.05, 0) is 11.1 Å². The number of benzene rings is 2. The fourth-order valence-corrected chi connectivity index (χ4v) is 4.17. The molecule has 0 bridgehead atoms. The lowest BCUT2D eigenvalue weighted by atomic mass is 9.90. The Morgan fingerprint density at radius 1 is 0.900 bits per heavy atom. The van der Waals surface area contributed by atoms with Gasteiger partial charge in [0.25, 0.3) is 0 Å². The highest BCUT2D eigenvalue weighted by atomic mass is 16.5. The molecular formula is C24H24N4O2. The Kier molecular flexibility index (Phi) is 5.15. The van der Waals surface area contributed by atoms with Crippen molar-refractivity contribution >= 4 is 11.9 Å². The van der Waals surface area contributed by atoms with E-state index in [1.165, 1.54) is 0 Å². The SMILES string of the molecule is O=C(C(c1ccccc1)c1ccccc1)N1Cc2cnc(N3CCOCC3)nc2C1. The van der Waals surface area contributed by atoms with Crippen molar-refractivity contribution in [1.29, 1.82) is 0 Å². The predicted octanol–water partition coefficient (Wildman–Crippen LogP) is 2.99. The summed E-state index contributed by atoms with van der Waals surface area (Å²) in [6, 6.07) is 20.0. The Morgan fingerprint density at radius 3 is 2.17 bits per heavy atom. The molecule has 0 aliphatic carbocycles. The van der Waals surface area contributed by atoms with Gasteiger partial charge in [0.05, 0.1) is 31.4 Å². The van der Waals surface area contributed by atoms with Gasteiger partial charge in [0.1, 0.15) is 0 Å². The van der Waals surface area contributed by atoms with E-state index in [-0.39, 0.29) is 11.8 Å². The van der Waals surface area contributed by atoms with Crippen LogP contribution in [0.15, 0.2) is 66.9 Å². The van der Waals surface area contributed by atoms with Gasteiger partial charge in [0.2, 0.25) is 11.9 Å². The summed E-state index contributed by atoms with van der Waals surface area (Å²) in [4.78, 5) is 27.0. The molecule has 0 N–H and O–H groups in total. The van der Waals surface area contributed by atoms with Crippen LogP contribution in [0.1, 0.15) is 28.3 Å². The molecule has 1 fully saturated rings. The maximum absolute atomic E-state index is 13.7. The van der Waals surface area contributed by atoms with E-state index < -0.39 is 0 Å². The van der Waals surface area contributed by atoms with E-state index in [4.69, 9.17) is 9.72 Å². The summed E-state index contributed by atoms with van der Waals surface area (Å²) < 4.78 is 5.42. The molecule has 2 aliphatic rings. The molecule has 152 valence electrons. The largest absolute Gasteiger partial charge is 0.378 e. The highest BCUT2D eigenvalue weighted by Gasteiger charge is 2.32. The molecule has 6 nitrogen and oxygen atoms in total. The van der Waals surface area contributed by atoms with E-state index in [9.17, 15) is 4.79 Å². The van der Waals surface area contributed by atoms with Crippen LogP contribution in [0.25, 0.3) is 0 Å². The van der Waals surface area contributed by atoms with E-state index in [1.54, 1.807) is 0 Å². The number of hydrogen-bond acceptors (Lipinski definition) is 5. The number of morpholine rings is 1. The number of carbonyl (C=O) groups excluding carboxylic acids is 1. The molecule has 1 aromatic heterocycles. The maximum Gasteiger partial charge on any atom is 0.235 e. The normalized spacial score (nSPS) is 16.0. The monoisotopic (exact) mass is 400 g/mol. The summed E-state index contributed by atoms with van der Waals surface area (Å²) in [5.74, 6) is 0.501. The van der Waals surface area contributed by atoms with Crippen molar-refractivity contribution in [2.75, 3.05) is 31.2 Å². The first-order valence-electron chi connectivity index (χ1n) is 10.4. The summed E-state index contributed by atoms with van der Waals surface area (Å²) in [5.41, 5.74) is 3.98. The fraction of sp³-hybridized carbons (Fsp3) is 0.292. The Hall–Kier alpha value is -3.25. The van der Waals surface area contributed by atoms with E-state index >= 15 is 0 Å². The van der Waals surface area contributed by atoms with Crippen LogP contribution in [-0.2, 0) is 22.6 Å². The molecule has 5 rings (SSSR count). The van der Waals surface area contributed by atoms with Crippen molar-refractivity contribution in [2.45, 2.75) is 19.0 Å². The van der Waals surface area contributed by atoms with Crippen molar-refractivity contribution in [1.82, 2.24) is 14.9 Å². The molecule has 0 unspecified atom stereocenters. The van der Waals surface area contributed by atoms with Gasteiger partial charge >= 0.3 is 0 Å². The first-order chi connectivity index (χ1) is 14.8. The third-order valence-electron chi connectivity index (χ3n) is 5.76. The van der Waals surface area contributed by atoms with Gasteiger partial charge in [0, 0.05) is 31.4 Å². The zero-order chi connectivity index (χ0) is 20.3. The van der Waals surface area contributed by atoms with Crippen LogP contribution in [-0.4, -0.2) is 47.1 Å². The van der Waals surface area contributed by atoms with E-state index in [2.05, 4.69) is 9.88 Å². The first-order valence-corrected chi connectivity index (χ1v) is 10.4. The van der Waals surface area contributed by atoms with Crippen LogP contribution in [0, 0.1) is 0 Å². The lowest BCUT2D eigenvalue weighted by molar-refractivity contribution is -0.132. The zero-order valence-corrected chi connectivity index (χ0v) is 16.8. The molecule has 1 saturated heterocycles. The summed E-state index contributed by atoms with van der Waals surface area (Å²) in [6.07, 6.45) is 1.88. The first kappa shape index (κ1) is 18.8. The zero-order valence-electron chi connectivity index (χ0n) is 16.8. The number of amides is 1. The second-order valence-corrected chi connectivity index (χ2v) is 7.69. The molecular weight excluding hydrogens is 376 g/mol. The van der Waals surface area contributed by atoms with Crippen LogP contribution in [0.3, 0.4) is 0 Å². The molecule has 2 aliphatic heterocycles. The number of rotatable bonds is 4. The van der Waals surface area contributed by atoms with Crippen LogP contribution >= 0.6 is 0 Å². The fourth-order valence-electron chi connectivity index (χ4n) is 4.17. The third-order valence-corrected chi connectivity index (χ3v) is 5.76. The van der Waals surface area contributed by atoms with Gasteiger partial charge < -0.3 is 14.5 Å². The van der Waals surface area contributed by atoms with Gasteiger partial charge in [-0.25, -0.2) is 9.97 Å². The summed E-state index contributed by atoms with van der Waals surface area (Å²) in [7, 11) is 0. The minimum Gasteiger partial charge on any atom is -0.378 e. The topological polar surface area (TPSA) is 58.6 Å². The van der Waals surface area contributed by atoms with Gasteiger partial charge in [-0.1, -0.05) is 60.7 Å². The lowest BCUT2D eigenvalue weighted by Crippen LogP contribution is -2.37. The van der Waals surface area contributed by atoms with Crippen LogP contribution < -0.4 is 4.90 Å². The summed E-state index contributed by atoms with van der Waals surface area (Å²) >= 11 is 0. The van der Waals surface area contributed by atoms with Crippen molar-refractivity contribution in [3.8, 4) is 0 Å². The number of fused-ring (bicyclic) bond motifs is 1. The molecule has 6 heteroatoms. The Balaban J connectivity index is 1.40. The third kappa shape index (κ3) is 3.66. The molecule has 30 heavy (non-hydrogen) atoms. The highest BCUT2D eigenvalue weighted by Crippen LogP contribution is 2.31. The number of carbonyl (C=O) groups is 1. The van der Waals surface area contributed by atoms with Gasteiger partial charge in [0.15, 0.2) is 0 Å². The molecule has 0 saturated carbocycles. The minimum atomic E-state index is -0.326. The number of aromatic nitrogens is 2. The second kappa shape index (κ2) is 8.24. The Labute approximate surface area is 176 Å². The number of ether oxygens (including phenoxy) is 1. The molecule has 0 radical (unpaired) electrons. The van der Waals surface area contributed by atoms with Crippen molar-refractivity contribution in [3.05, 3.63) is 89.2 Å². The van der Waals surface area contributed by atoms with Crippen molar-refractivity contribution in [2.24, 2.45) is 0 Å². The predicted molar refractivity (Wildman–Crippen MR) is 114 cm³/mol. The van der Waals surface area contributed by atoms with Crippen molar-refractivity contribution < 1.29 is 9.53 Å². The van der Waals surface area contributed by atoms with Crippen LogP contribution in [0.4, 0.5) is 5.95 Å². The second-order valence-electron chi connectivity index (χ2n) is 7.69. The van der Waals surface area contributed by atoms with Gasteiger partial charge in [-0.2, -0.15) is 0 Å². The summed E-state index contributed by atoms with van der Waals surface area (Å²) in [6.45, 7) is 4.05. The molecule has 2 aromatic carbocycles. The standard InChI is InChI=1S/C24H24N4O2/c29-23(22(18-7-3-1-4-8-18)19-9-5-2-6-10-19)28-16-20-15-25-24(26-21(20)17-28)27-11-13-30-14-12-27/h1-10,15,22H,11-14,16-17H2. The number of nitrogens with zero attached hydrogens (tertiary/aromatic N) is 4. The van der Waals surface area contributed by atoms with Crippen LogP contribution in [0.2, 0.25) is 0 Å². The molecule has 0 spiro atoms. The number of anilines is 1. The Bertz CT molecular complexity index is 980. The highest BCUT2D eigenvalue weighted by molar-refractivity contribution is 5.87. The van der Waals surface area contributed by atoms with E-state index in [1.807, 2.05) is 71.8 Å². The quantitative estimate of drug-likeness (QED) is 0.674. The van der Waals surface area contributed by atoms with E-state index in [0.717, 1.165) is 41.4 Å². The summed E-state index contributed by atoms with van der Waals surface area (Å²) in [5, 5.41) is 0. The molecule has 0 atom stereocenters. The molecule has 1 amide bonds. The average molecular weight is 400 g/mol. The Morgan fingerprint density at radius 2 is 1.53 bits per heavy atom. The lowest BCUT2D eigenvalue weighted by Gasteiger charge is -2.26. The number of hydrogen-bond donors (Lipinski definition) is 0. The van der Waals surface area contributed by atoms with Gasteiger partial charge in [-0.15, -0.1) is 0 Å². The smallest absolute Gasteiger partial charge is 0.235 e. The minimum absolute atomic E-state index is 0.0957.